The van der Waals surface area contributed by atoms with Crippen molar-refractivity contribution in [2.75, 3.05) is 6.61 Å². The third kappa shape index (κ3) is 2.86. The van der Waals surface area contributed by atoms with Crippen LogP contribution in [-0.2, 0) is 4.65 Å². The number of rotatable bonds is 2. The Morgan fingerprint density at radius 1 is 1.11 bits per heavy atom. The largest absolute Gasteiger partial charge is 0.430 e. The van der Waals surface area contributed by atoms with Gasteiger partial charge in [-0.3, -0.25) is 0 Å². The molecular weight excluding hydrogens is 238 g/mol. The molecule has 0 amide bonds. The minimum absolute atomic E-state index is 0.118. The van der Waals surface area contributed by atoms with Gasteiger partial charge in [-0.25, -0.2) is 4.39 Å². The topological polar surface area (TPSA) is 9.23 Å². The van der Waals surface area contributed by atoms with E-state index in [4.69, 9.17) is 4.65 Å². The van der Waals surface area contributed by atoms with Crippen molar-refractivity contribution >= 4 is 12.4 Å². The van der Waals surface area contributed by atoms with Crippen molar-refractivity contribution in [2.24, 2.45) is 16.7 Å². The van der Waals surface area contributed by atoms with Crippen molar-refractivity contribution in [3.05, 3.63) is 30.1 Å². The summed E-state index contributed by atoms with van der Waals surface area (Å²) in [5.41, 5.74) is 1.56. The summed E-state index contributed by atoms with van der Waals surface area (Å²) < 4.78 is 18.9. The van der Waals surface area contributed by atoms with E-state index >= 15 is 0 Å². The number of benzene rings is 1. The molecular formula is C16H24BFO. The SMILES string of the molecule is CC(C)(C)C(C)(C)C1COB(c2ccc(F)cc2)C1. The van der Waals surface area contributed by atoms with Crippen LogP contribution >= 0.6 is 0 Å². The van der Waals surface area contributed by atoms with Crippen molar-refractivity contribution in [2.45, 2.75) is 40.9 Å². The molecule has 19 heavy (non-hydrogen) atoms. The van der Waals surface area contributed by atoms with Gasteiger partial charge in [0.2, 0.25) is 0 Å². The minimum Gasteiger partial charge on any atom is -0.430 e. The lowest BCUT2D eigenvalue weighted by Crippen LogP contribution is -2.38. The summed E-state index contributed by atoms with van der Waals surface area (Å²) in [6.45, 7) is 12.4. The van der Waals surface area contributed by atoms with Crippen LogP contribution in [0.2, 0.25) is 6.32 Å². The van der Waals surface area contributed by atoms with Gasteiger partial charge < -0.3 is 4.65 Å². The molecule has 1 heterocycles. The van der Waals surface area contributed by atoms with Gasteiger partial charge in [0.15, 0.2) is 0 Å². The van der Waals surface area contributed by atoms with Gasteiger partial charge in [-0.2, -0.15) is 0 Å². The van der Waals surface area contributed by atoms with E-state index < -0.39 is 0 Å². The van der Waals surface area contributed by atoms with Gasteiger partial charge in [-0.1, -0.05) is 46.8 Å². The monoisotopic (exact) mass is 262 g/mol. The summed E-state index contributed by atoms with van der Waals surface area (Å²) in [5, 5.41) is 0. The van der Waals surface area contributed by atoms with Crippen LogP contribution in [0.1, 0.15) is 34.6 Å². The first-order chi connectivity index (χ1) is 8.72. The molecule has 1 fully saturated rings. The van der Waals surface area contributed by atoms with Crippen molar-refractivity contribution in [3.8, 4) is 0 Å². The van der Waals surface area contributed by atoms with Gasteiger partial charge in [0, 0.05) is 6.61 Å². The van der Waals surface area contributed by atoms with Crippen molar-refractivity contribution in [1.82, 2.24) is 0 Å². The maximum Gasteiger partial charge on any atom is 0.327 e. The lowest BCUT2D eigenvalue weighted by Gasteiger charge is -2.43. The zero-order chi connectivity index (χ0) is 14.3. The summed E-state index contributed by atoms with van der Waals surface area (Å²) in [4.78, 5) is 0. The van der Waals surface area contributed by atoms with E-state index in [1.165, 1.54) is 12.1 Å². The molecule has 1 nitrogen and oxygen atoms in total. The zero-order valence-electron chi connectivity index (χ0n) is 12.7. The first kappa shape index (κ1) is 14.6. The van der Waals surface area contributed by atoms with Crippen LogP contribution in [0.5, 0.6) is 0 Å². The predicted octanol–water partition coefficient (Wildman–Crippen LogP) is 3.74. The summed E-state index contributed by atoms with van der Waals surface area (Å²) in [6.07, 6.45) is 1.02. The summed E-state index contributed by atoms with van der Waals surface area (Å²) >= 11 is 0. The van der Waals surface area contributed by atoms with Crippen LogP contribution in [0.15, 0.2) is 24.3 Å². The van der Waals surface area contributed by atoms with E-state index in [1.54, 1.807) is 0 Å². The molecule has 0 aromatic heterocycles. The van der Waals surface area contributed by atoms with Crippen LogP contribution < -0.4 is 5.46 Å². The lowest BCUT2D eigenvalue weighted by molar-refractivity contribution is 0.0517. The smallest absolute Gasteiger partial charge is 0.327 e. The molecule has 0 spiro atoms. The standard InChI is InChI=1S/C16H24BFO/c1-15(2,3)16(4,5)12-10-17(19-11-12)13-6-8-14(18)9-7-13/h6-9,12H,10-11H2,1-5H3. The minimum atomic E-state index is -0.187. The summed E-state index contributed by atoms with van der Waals surface area (Å²) in [6, 6.07) is 6.71. The lowest BCUT2D eigenvalue weighted by atomic mass is 9.52. The van der Waals surface area contributed by atoms with E-state index in [1.807, 2.05) is 12.1 Å². The molecule has 1 aromatic rings. The van der Waals surface area contributed by atoms with Gasteiger partial charge in [0.1, 0.15) is 5.82 Å². The van der Waals surface area contributed by atoms with Gasteiger partial charge >= 0.3 is 6.92 Å². The van der Waals surface area contributed by atoms with Crippen molar-refractivity contribution in [3.63, 3.8) is 0 Å². The number of hydrogen-bond acceptors (Lipinski definition) is 1. The van der Waals surface area contributed by atoms with Crippen LogP contribution in [0.4, 0.5) is 4.39 Å². The normalized spacial score (nSPS) is 20.9. The fourth-order valence-corrected chi connectivity index (χ4v) is 2.65. The Balaban J connectivity index is 2.10. The van der Waals surface area contributed by atoms with Crippen LogP contribution in [-0.4, -0.2) is 13.5 Å². The molecule has 1 unspecified atom stereocenters. The van der Waals surface area contributed by atoms with Crippen molar-refractivity contribution < 1.29 is 9.04 Å². The van der Waals surface area contributed by atoms with E-state index in [2.05, 4.69) is 34.6 Å². The van der Waals surface area contributed by atoms with Gasteiger partial charge in [0.05, 0.1) is 0 Å². The Kier molecular flexibility index (Phi) is 3.79. The second kappa shape index (κ2) is 4.94. The summed E-state index contributed by atoms with van der Waals surface area (Å²) in [5.74, 6) is 0.357. The highest BCUT2D eigenvalue weighted by atomic mass is 19.1. The molecule has 104 valence electrons. The Labute approximate surface area is 116 Å². The van der Waals surface area contributed by atoms with Gasteiger partial charge in [-0.05, 0) is 40.7 Å². The molecule has 3 heteroatoms. The van der Waals surface area contributed by atoms with Crippen LogP contribution in [0, 0.1) is 22.6 Å². The Morgan fingerprint density at radius 2 is 1.68 bits per heavy atom. The highest BCUT2D eigenvalue weighted by molar-refractivity contribution is 6.67. The maximum absolute atomic E-state index is 13.0. The van der Waals surface area contributed by atoms with Crippen molar-refractivity contribution in [1.29, 1.82) is 0 Å². The molecule has 0 radical (unpaired) electrons. The number of halogens is 1. The van der Waals surface area contributed by atoms with Gasteiger partial charge in [0.25, 0.3) is 0 Å². The van der Waals surface area contributed by atoms with Gasteiger partial charge in [-0.15, -0.1) is 0 Å². The molecule has 2 rings (SSSR count). The Morgan fingerprint density at radius 3 is 2.21 bits per heavy atom. The number of hydrogen-bond donors (Lipinski definition) is 0. The van der Waals surface area contributed by atoms with Crippen LogP contribution in [0.3, 0.4) is 0 Å². The second-order valence-electron chi connectivity index (χ2n) is 7.28. The fourth-order valence-electron chi connectivity index (χ4n) is 2.65. The average Bonchev–Trinajstić information content (AvgIpc) is 2.78. The molecule has 1 aliphatic heterocycles. The molecule has 0 aliphatic carbocycles. The zero-order valence-corrected chi connectivity index (χ0v) is 12.7. The third-order valence-electron chi connectivity index (χ3n) is 5.19. The first-order valence-electron chi connectivity index (χ1n) is 7.09. The molecule has 1 atom stereocenters. The molecule has 0 N–H and O–H groups in total. The van der Waals surface area contributed by atoms with Crippen LogP contribution in [0.25, 0.3) is 0 Å². The molecule has 1 aromatic carbocycles. The molecule has 1 aliphatic rings. The highest BCUT2D eigenvalue weighted by Crippen LogP contribution is 2.47. The third-order valence-corrected chi connectivity index (χ3v) is 5.19. The van der Waals surface area contributed by atoms with E-state index in [0.717, 1.165) is 18.4 Å². The fraction of sp³-hybridized carbons (Fsp3) is 0.625. The maximum atomic E-state index is 13.0. The predicted molar refractivity (Wildman–Crippen MR) is 79.3 cm³/mol. The van der Waals surface area contributed by atoms with E-state index in [-0.39, 0.29) is 23.6 Å². The highest BCUT2D eigenvalue weighted by Gasteiger charge is 2.45. The quantitative estimate of drug-likeness (QED) is 0.738. The molecule has 0 bridgehead atoms. The Bertz CT molecular complexity index is 433. The first-order valence-corrected chi connectivity index (χ1v) is 7.09. The Hall–Kier alpha value is -0.825. The summed E-state index contributed by atoms with van der Waals surface area (Å²) in [7, 11) is 0. The second-order valence-corrected chi connectivity index (χ2v) is 7.28. The average molecular weight is 262 g/mol. The van der Waals surface area contributed by atoms with E-state index in [0.29, 0.717) is 5.92 Å². The molecule has 1 saturated heterocycles. The van der Waals surface area contributed by atoms with E-state index in [9.17, 15) is 4.39 Å². The molecule has 0 saturated carbocycles.